The van der Waals surface area contributed by atoms with E-state index in [1.807, 2.05) is 45.9 Å². The Kier molecular flexibility index (Phi) is 6.80. The molecule has 1 aliphatic heterocycles. The smallest absolute Gasteiger partial charge is 0.465 e. The quantitative estimate of drug-likeness (QED) is 0.437. The van der Waals surface area contributed by atoms with Crippen LogP contribution in [0.25, 0.3) is 0 Å². The van der Waals surface area contributed by atoms with Crippen molar-refractivity contribution < 1.29 is 18.8 Å². The van der Waals surface area contributed by atoms with Gasteiger partial charge in [0.2, 0.25) is 0 Å². The van der Waals surface area contributed by atoms with Crippen molar-refractivity contribution in [1.82, 2.24) is 0 Å². The average Bonchev–Trinajstić information content (AvgIpc) is 2.91. The van der Waals surface area contributed by atoms with Crippen LogP contribution in [-0.2, 0) is 26.9 Å². The van der Waals surface area contributed by atoms with Crippen LogP contribution in [0.5, 0.6) is 0 Å². The lowest BCUT2D eigenvalue weighted by Crippen LogP contribution is -2.41. The summed E-state index contributed by atoms with van der Waals surface area (Å²) in [7, 11) is 0.880. The Morgan fingerprint density at radius 1 is 1.00 bits per heavy atom. The topological polar surface area (TPSA) is 44.8 Å². The lowest BCUT2D eigenvalue weighted by molar-refractivity contribution is 0.00578. The average molecular weight is 473 g/mol. The molecule has 3 rings (SSSR count). The Balaban J connectivity index is 1.85. The first-order valence-corrected chi connectivity index (χ1v) is 11.1. The maximum atomic E-state index is 12.1. The van der Waals surface area contributed by atoms with E-state index in [2.05, 4.69) is 41.1 Å². The third kappa shape index (κ3) is 4.82. The van der Waals surface area contributed by atoms with E-state index in [0.717, 1.165) is 34.8 Å². The van der Waals surface area contributed by atoms with Gasteiger partial charge in [-0.05, 0) is 88.7 Å². The highest BCUT2D eigenvalue weighted by Gasteiger charge is 2.52. The minimum absolute atomic E-state index is 0.358. The van der Waals surface area contributed by atoms with E-state index in [9.17, 15) is 4.79 Å². The second-order valence-corrected chi connectivity index (χ2v) is 9.80. The standard InChI is InChI=1S/C24H30BBrO4/c1-16-10-13-21(26)18(14-16)9-7-8-17-11-12-19(22(27)28-6)15-20(17)25-29-23(2,3)24(4,5)30-25/h10-15H,7-9H2,1-6H3. The fraction of sp³-hybridized carbons (Fsp3) is 0.458. The van der Waals surface area contributed by atoms with Gasteiger partial charge in [0.1, 0.15) is 0 Å². The van der Waals surface area contributed by atoms with Crippen molar-refractivity contribution in [3.8, 4) is 0 Å². The van der Waals surface area contributed by atoms with Gasteiger partial charge in [0.05, 0.1) is 23.9 Å². The number of aryl methyl sites for hydroxylation is 3. The molecule has 0 N–H and O–H groups in total. The maximum Gasteiger partial charge on any atom is 0.495 e. The molecule has 1 fully saturated rings. The number of methoxy groups -OCH3 is 1. The Morgan fingerprint density at radius 3 is 2.27 bits per heavy atom. The van der Waals surface area contributed by atoms with Gasteiger partial charge in [0.15, 0.2) is 0 Å². The summed E-state index contributed by atoms with van der Waals surface area (Å²) >= 11 is 3.65. The zero-order chi connectivity index (χ0) is 22.1. The van der Waals surface area contributed by atoms with Crippen molar-refractivity contribution in [3.63, 3.8) is 0 Å². The molecule has 1 aliphatic rings. The summed E-state index contributed by atoms with van der Waals surface area (Å²) in [5.74, 6) is -0.358. The van der Waals surface area contributed by atoms with Crippen LogP contribution in [0.3, 0.4) is 0 Å². The summed E-state index contributed by atoms with van der Waals surface area (Å²) in [6.07, 6.45) is 2.80. The van der Waals surface area contributed by atoms with E-state index in [1.165, 1.54) is 18.2 Å². The Labute approximate surface area is 188 Å². The fourth-order valence-corrected chi connectivity index (χ4v) is 4.07. The molecule has 0 spiro atoms. The summed E-state index contributed by atoms with van der Waals surface area (Å²) in [5.41, 5.74) is 4.22. The molecule has 0 aliphatic carbocycles. The number of esters is 1. The molecule has 0 aromatic heterocycles. The number of halogens is 1. The van der Waals surface area contributed by atoms with Crippen molar-refractivity contribution >= 4 is 34.5 Å². The summed E-state index contributed by atoms with van der Waals surface area (Å²) < 4.78 is 18.6. The van der Waals surface area contributed by atoms with Gasteiger partial charge in [0, 0.05) is 4.47 Å². The highest BCUT2D eigenvalue weighted by atomic mass is 79.9. The summed E-state index contributed by atoms with van der Waals surface area (Å²) in [5, 5.41) is 0. The highest BCUT2D eigenvalue weighted by molar-refractivity contribution is 9.10. The van der Waals surface area contributed by atoms with Crippen LogP contribution >= 0.6 is 15.9 Å². The second-order valence-electron chi connectivity index (χ2n) is 8.94. The van der Waals surface area contributed by atoms with Gasteiger partial charge in [0.25, 0.3) is 0 Å². The van der Waals surface area contributed by atoms with Crippen molar-refractivity contribution in [1.29, 1.82) is 0 Å². The third-order valence-electron chi connectivity index (χ3n) is 6.17. The van der Waals surface area contributed by atoms with Gasteiger partial charge < -0.3 is 14.0 Å². The number of hydrogen-bond acceptors (Lipinski definition) is 4. The lowest BCUT2D eigenvalue weighted by atomic mass is 9.74. The molecule has 0 radical (unpaired) electrons. The van der Waals surface area contributed by atoms with Crippen molar-refractivity contribution in [2.75, 3.05) is 7.11 Å². The van der Waals surface area contributed by atoms with Crippen molar-refractivity contribution in [3.05, 3.63) is 63.1 Å². The van der Waals surface area contributed by atoms with Gasteiger partial charge in [-0.2, -0.15) is 0 Å². The van der Waals surface area contributed by atoms with E-state index >= 15 is 0 Å². The van der Waals surface area contributed by atoms with Crippen LogP contribution in [0.2, 0.25) is 0 Å². The van der Waals surface area contributed by atoms with Gasteiger partial charge in [-0.25, -0.2) is 4.79 Å². The first kappa shape index (κ1) is 23.0. The Hall–Kier alpha value is -1.63. The number of rotatable bonds is 6. The molecule has 2 aromatic rings. The second kappa shape index (κ2) is 8.85. The van der Waals surface area contributed by atoms with E-state index < -0.39 is 18.3 Å². The molecule has 0 bridgehead atoms. The molecule has 0 atom stereocenters. The first-order chi connectivity index (χ1) is 14.0. The number of carbonyl (C=O) groups is 1. The van der Waals surface area contributed by atoms with Crippen molar-refractivity contribution in [2.24, 2.45) is 0 Å². The van der Waals surface area contributed by atoms with E-state index in [1.54, 1.807) is 0 Å². The molecular formula is C24H30BBrO4. The van der Waals surface area contributed by atoms with Crippen LogP contribution in [-0.4, -0.2) is 31.4 Å². The van der Waals surface area contributed by atoms with E-state index in [-0.39, 0.29) is 5.97 Å². The number of hydrogen-bond donors (Lipinski definition) is 0. The summed E-state index contributed by atoms with van der Waals surface area (Å²) in [4.78, 5) is 12.1. The van der Waals surface area contributed by atoms with Crippen LogP contribution in [0.15, 0.2) is 40.9 Å². The highest BCUT2D eigenvalue weighted by Crippen LogP contribution is 2.37. The largest absolute Gasteiger partial charge is 0.495 e. The number of benzene rings is 2. The molecular weight excluding hydrogens is 443 g/mol. The van der Waals surface area contributed by atoms with Gasteiger partial charge in [-0.1, -0.05) is 39.7 Å². The SMILES string of the molecule is COC(=O)c1ccc(CCCc2cc(C)ccc2Br)c(B2OC(C)(C)C(C)(C)O2)c1. The lowest BCUT2D eigenvalue weighted by Gasteiger charge is -2.32. The van der Waals surface area contributed by atoms with Crippen LogP contribution < -0.4 is 5.46 Å². The molecule has 4 nitrogen and oxygen atoms in total. The maximum absolute atomic E-state index is 12.1. The molecule has 1 heterocycles. The van der Waals surface area contributed by atoms with Gasteiger partial charge in [-0.15, -0.1) is 0 Å². The van der Waals surface area contributed by atoms with Crippen LogP contribution in [0.1, 0.15) is 61.2 Å². The zero-order valence-electron chi connectivity index (χ0n) is 18.7. The molecule has 2 aromatic carbocycles. The van der Waals surface area contributed by atoms with Crippen molar-refractivity contribution in [2.45, 2.75) is 65.1 Å². The summed E-state index contributed by atoms with van der Waals surface area (Å²) in [6.45, 7) is 10.2. The number of ether oxygens (including phenoxy) is 1. The third-order valence-corrected chi connectivity index (χ3v) is 6.94. The molecule has 6 heteroatoms. The van der Waals surface area contributed by atoms with E-state index in [4.69, 9.17) is 14.0 Å². The minimum Gasteiger partial charge on any atom is -0.465 e. The molecule has 30 heavy (non-hydrogen) atoms. The first-order valence-electron chi connectivity index (χ1n) is 10.4. The molecule has 160 valence electrons. The van der Waals surface area contributed by atoms with Gasteiger partial charge in [-0.3, -0.25) is 0 Å². The minimum atomic E-state index is -0.514. The fourth-order valence-electron chi connectivity index (χ4n) is 3.62. The normalized spacial score (nSPS) is 17.2. The number of carbonyl (C=O) groups excluding carboxylic acids is 1. The van der Waals surface area contributed by atoms with Crippen LogP contribution in [0, 0.1) is 6.92 Å². The molecule has 0 saturated carbocycles. The summed E-state index contributed by atoms with van der Waals surface area (Å²) in [6, 6.07) is 12.1. The predicted molar refractivity (Wildman–Crippen MR) is 124 cm³/mol. The Bertz CT molecular complexity index is 923. The monoisotopic (exact) mass is 472 g/mol. The molecule has 1 saturated heterocycles. The van der Waals surface area contributed by atoms with Gasteiger partial charge >= 0.3 is 13.1 Å². The zero-order valence-corrected chi connectivity index (χ0v) is 20.3. The molecule has 0 amide bonds. The van der Waals surface area contributed by atoms with Crippen LogP contribution in [0.4, 0.5) is 0 Å². The molecule has 0 unspecified atom stereocenters. The Morgan fingerprint density at radius 2 is 1.63 bits per heavy atom. The predicted octanol–water partition coefficient (Wildman–Crippen LogP) is 5.02. The van der Waals surface area contributed by atoms with E-state index in [0.29, 0.717) is 5.56 Å².